The van der Waals surface area contributed by atoms with E-state index < -0.39 is 6.09 Å². The van der Waals surface area contributed by atoms with Crippen LogP contribution < -0.4 is 10.2 Å². The Balaban J connectivity index is 1.22. The van der Waals surface area contributed by atoms with Gasteiger partial charge < -0.3 is 20.2 Å². The lowest BCUT2D eigenvalue weighted by Crippen LogP contribution is -2.73. The van der Waals surface area contributed by atoms with Crippen molar-refractivity contribution >= 4 is 23.7 Å². The summed E-state index contributed by atoms with van der Waals surface area (Å²) in [5.41, 5.74) is 1.27. The van der Waals surface area contributed by atoms with E-state index in [0.717, 1.165) is 18.9 Å². The molecule has 0 atom stereocenters. The van der Waals surface area contributed by atoms with Gasteiger partial charge in [-0.3, -0.25) is 5.10 Å². The molecule has 3 fully saturated rings. The molecule has 0 aromatic carbocycles. The summed E-state index contributed by atoms with van der Waals surface area (Å²) in [6.45, 7) is 2.81. The summed E-state index contributed by atoms with van der Waals surface area (Å²) in [5, 5.41) is 19.5. The predicted octanol–water partition coefficient (Wildman–Crippen LogP) is 1.62. The van der Waals surface area contributed by atoms with E-state index in [2.05, 4.69) is 30.4 Å². The fraction of sp³-hybridized carbons (Fsp3) is 0.500. The summed E-state index contributed by atoms with van der Waals surface area (Å²) in [7, 11) is 0. The van der Waals surface area contributed by atoms with Gasteiger partial charge in [0.15, 0.2) is 5.82 Å². The maximum atomic E-state index is 10.9. The van der Waals surface area contributed by atoms with Crippen molar-refractivity contribution in [2.75, 3.05) is 36.4 Å². The van der Waals surface area contributed by atoms with Crippen molar-refractivity contribution in [3.05, 3.63) is 24.0 Å². The number of anilines is 3. The monoisotopic (exact) mass is 341 g/mol. The minimum absolute atomic E-state index is 0.0898. The second-order valence-corrected chi connectivity index (χ2v) is 7.34. The van der Waals surface area contributed by atoms with Crippen molar-refractivity contribution in [1.82, 2.24) is 25.1 Å². The fourth-order valence-corrected chi connectivity index (χ4v) is 3.71. The molecule has 130 valence electrons. The minimum Gasteiger partial charge on any atom is -0.465 e. The van der Waals surface area contributed by atoms with Crippen LogP contribution in [0.1, 0.15) is 24.5 Å². The number of hydrogen-bond donors (Lipinski definition) is 3. The van der Waals surface area contributed by atoms with Gasteiger partial charge in [0.2, 0.25) is 5.95 Å². The van der Waals surface area contributed by atoms with Crippen LogP contribution in [0.5, 0.6) is 0 Å². The van der Waals surface area contributed by atoms with Crippen molar-refractivity contribution in [3.8, 4) is 0 Å². The second-order valence-electron chi connectivity index (χ2n) is 7.34. The van der Waals surface area contributed by atoms with Crippen LogP contribution in [0.15, 0.2) is 18.3 Å². The van der Waals surface area contributed by atoms with Crippen LogP contribution in [0.25, 0.3) is 0 Å². The van der Waals surface area contributed by atoms with Gasteiger partial charge in [-0.15, -0.1) is 0 Å². The largest absolute Gasteiger partial charge is 0.465 e. The van der Waals surface area contributed by atoms with Crippen LogP contribution in [0, 0.1) is 5.41 Å². The Morgan fingerprint density at radius 1 is 1.28 bits per heavy atom. The molecule has 0 radical (unpaired) electrons. The molecular formula is C16H19N7O2. The number of aromatic amines is 1. The van der Waals surface area contributed by atoms with E-state index in [9.17, 15) is 4.79 Å². The van der Waals surface area contributed by atoms with Crippen LogP contribution >= 0.6 is 0 Å². The number of nitrogens with one attached hydrogen (secondary N) is 2. The molecular weight excluding hydrogens is 322 g/mol. The summed E-state index contributed by atoms with van der Waals surface area (Å²) in [5.74, 6) is 2.78. The molecule has 2 aliphatic heterocycles. The normalized spacial score (nSPS) is 21.0. The van der Waals surface area contributed by atoms with Crippen LogP contribution in [-0.2, 0) is 0 Å². The summed E-state index contributed by atoms with van der Waals surface area (Å²) in [6.07, 6.45) is 3.36. The lowest BCUT2D eigenvalue weighted by Gasteiger charge is -2.59. The van der Waals surface area contributed by atoms with Crippen molar-refractivity contribution in [2.45, 2.75) is 18.8 Å². The Hall–Kier alpha value is -2.84. The van der Waals surface area contributed by atoms with Crippen LogP contribution in [-0.4, -0.2) is 62.4 Å². The highest BCUT2D eigenvalue weighted by atomic mass is 16.4. The molecule has 0 bridgehead atoms. The van der Waals surface area contributed by atoms with Gasteiger partial charge in [0.25, 0.3) is 0 Å². The molecule has 9 heteroatoms. The zero-order chi connectivity index (χ0) is 17.0. The smallest absolute Gasteiger partial charge is 0.407 e. The zero-order valence-corrected chi connectivity index (χ0v) is 13.6. The second kappa shape index (κ2) is 5.08. The quantitative estimate of drug-likeness (QED) is 0.775. The topological polar surface area (TPSA) is 110 Å². The van der Waals surface area contributed by atoms with Gasteiger partial charge in [0.05, 0.1) is 0 Å². The number of likely N-dealkylation sites (tertiary alicyclic amines) is 1. The Morgan fingerprint density at radius 3 is 2.80 bits per heavy atom. The number of hydrogen-bond acceptors (Lipinski definition) is 6. The van der Waals surface area contributed by atoms with Crippen LogP contribution in [0.3, 0.4) is 0 Å². The number of carbonyl (C=O) groups is 1. The van der Waals surface area contributed by atoms with Gasteiger partial charge in [-0.05, 0) is 18.9 Å². The standard InChI is InChI=1S/C16H19N7O2/c24-15(25)23-8-16(9-23)6-22(7-16)14-17-4-3-12(19-14)18-13-5-11(20-21-13)10-1-2-10/h3-5,10H,1-2,6-9H2,(H,24,25)(H2,17,18,19,20,21). The highest BCUT2D eigenvalue weighted by molar-refractivity contribution is 5.67. The number of aromatic nitrogens is 4. The van der Waals surface area contributed by atoms with Crippen molar-refractivity contribution in [1.29, 1.82) is 0 Å². The third-order valence-corrected chi connectivity index (χ3v) is 5.17. The molecule has 25 heavy (non-hydrogen) atoms. The molecule has 9 nitrogen and oxygen atoms in total. The first-order valence-electron chi connectivity index (χ1n) is 8.48. The molecule has 4 heterocycles. The van der Waals surface area contributed by atoms with Crippen LogP contribution in [0.2, 0.25) is 0 Å². The highest BCUT2D eigenvalue weighted by Crippen LogP contribution is 2.41. The molecule has 3 aliphatic rings. The molecule has 1 aliphatic carbocycles. The molecule has 0 unspecified atom stereocenters. The van der Waals surface area contributed by atoms with E-state index in [1.807, 2.05) is 12.1 Å². The van der Waals surface area contributed by atoms with Crippen LogP contribution in [0.4, 0.5) is 22.4 Å². The van der Waals surface area contributed by atoms with Gasteiger partial charge in [0, 0.05) is 55.5 Å². The molecule has 5 rings (SSSR count). The Bertz CT molecular complexity index is 817. The molecule has 1 spiro atoms. The summed E-state index contributed by atoms with van der Waals surface area (Å²) in [4.78, 5) is 23.3. The minimum atomic E-state index is -0.837. The van der Waals surface area contributed by atoms with Gasteiger partial charge >= 0.3 is 6.09 Å². The first-order chi connectivity index (χ1) is 12.1. The summed E-state index contributed by atoms with van der Waals surface area (Å²) in [6, 6.07) is 3.85. The molecule has 2 aromatic rings. The number of carboxylic acid groups (broad SMARTS) is 1. The molecule has 1 amide bonds. The highest BCUT2D eigenvalue weighted by Gasteiger charge is 2.54. The molecule has 2 aromatic heterocycles. The van der Waals surface area contributed by atoms with Gasteiger partial charge in [-0.25, -0.2) is 9.78 Å². The van der Waals surface area contributed by atoms with E-state index in [1.54, 1.807) is 6.20 Å². The first kappa shape index (κ1) is 14.5. The lowest BCUT2D eigenvalue weighted by molar-refractivity contribution is -0.0101. The average molecular weight is 341 g/mol. The maximum Gasteiger partial charge on any atom is 0.407 e. The predicted molar refractivity (Wildman–Crippen MR) is 90.1 cm³/mol. The van der Waals surface area contributed by atoms with E-state index in [-0.39, 0.29) is 5.41 Å². The Kier molecular flexibility index (Phi) is 2.94. The Morgan fingerprint density at radius 2 is 2.08 bits per heavy atom. The molecule has 3 N–H and O–H groups in total. The first-order valence-corrected chi connectivity index (χ1v) is 8.48. The van der Waals surface area contributed by atoms with Gasteiger partial charge in [-0.2, -0.15) is 10.1 Å². The summed E-state index contributed by atoms with van der Waals surface area (Å²) < 4.78 is 0. The summed E-state index contributed by atoms with van der Waals surface area (Å²) >= 11 is 0. The van der Waals surface area contributed by atoms with Gasteiger partial charge in [-0.1, -0.05) is 0 Å². The molecule has 1 saturated carbocycles. The van der Waals surface area contributed by atoms with Gasteiger partial charge in [0.1, 0.15) is 5.82 Å². The maximum absolute atomic E-state index is 10.9. The lowest BCUT2D eigenvalue weighted by atomic mass is 9.73. The van der Waals surface area contributed by atoms with E-state index >= 15 is 0 Å². The van der Waals surface area contributed by atoms with Crippen molar-refractivity contribution < 1.29 is 9.90 Å². The van der Waals surface area contributed by atoms with E-state index in [1.165, 1.54) is 23.4 Å². The van der Waals surface area contributed by atoms with E-state index in [0.29, 0.717) is 30.8 Å². The number of nitrogens with zero attached hydrogens (tertiary/aromatic N) is 5. The van der Waals surface area contributed by atoms with E-state index in [4.69, 9.17) is 5.11 Å². The number of amides is 1. The molecule has 2 saturated heterocycles. The van der Waals surface area contributed by atoms with Crippen molar-refractivity contribution in [2.24, 2.45) is 5.41 Å². The number of rotatable bonds is 4. The Labute approximate surface area is 144 Å². The average Bonchev–Trinajstić information content (AvgIpc) is 3.25. The number of H-pyrrole nitrogens is 1. The third-order valence-electron chi connectivity index (χ3n) is 5.17. The fourth-order valence-electron chi connectivity index (χ4n) is 3.71. The SMILES string of the molecule is O=C(O)N1CC2(C1)CN(c1nccc(Nc3cc(C4CC4)[nH]n3)n1)C2. The third kappa shape index (κ3) is 2.55. The zero-order valence-electron chi connectivity index (χ0n) is 13.6. The van der Waals surface area contributed by atoms with Crippen molar-refractivity contribution in [3.63, 3.8) is 0 Å².